The number of halogens is 1. The number of non-ortho nitro benzene ring substituents is 1. The predicted molar refractivity (Wildman–Crippen MR) is 149 cm³/mol. The standard InChI is InChI=1S/C26H25BrN4O9/c1-4-10-39-22-8-6-17(13-23(22)38-5-2)26(32)29-28-15-16-11-19(27)25(24(12-16)37-3)40-21-9-7-18(30(33)34)14-20(21)31(35)36/h6-9,11-15H,4-5,10H2,1-3H3,(H,29,32)/b28-15+. The second-order valence-electron chi connectivity index (χ2n) is 7.94. The Bertz CT molecular complexity index is 1450. The fourth-order valence-corrected chi connectivity index (χ4v) is 3.89. The van der Waals surface area contributed by atoms with Gasteiger partial charge in [-0.25, -0.2) is 5.43 Å². The van der Waals surface area contributed by atoms with Gasteiger partial charge in [-0.3, -0.25) is 25.0 Å². The number of nitrogens with zero attached hydrogens (tertiary/aromatic N) is 3. The van der Waals surface area contributed by atoms with E-state index < -0.39 is 27.1 Å². The zero-order valence-corrected chi connectivity index (χ0v) is 23.3. The molecule has 0 aliphatic carbocycles. The summed E-state index contributed by atoms with van der Waals surface area (Å²) in [5.74, 6) is 0.567. The minimum Gasteiger partial charge on any atom is -0.493 e. The minimum absolute atomic E-state index is 0.0921. The maximum atomic E-state index is 12.6. The van der Waals surface area contributed by atoms with E-state index >= 15 is 0 Å². The molecule has 3 aromatic rings. The van der Waals surface area contributed by atoms with Crippen LogP contribution in [0.2, 0.25) is 0 Å². The van der Waals surface area contributed by atoms with Crippen LogP contribution in [0.25, 0.3) is 0 Å². The van der Waals surface area contributed by atoms with Crippen LogP contribution in [-0.4, -0.2) is 42.3 Å². The Morgan fingerprint density at radius 3 is 2.38 bits per heavy atom. The monoisotopic (exact) mass is 616 g/mol. The number of rotatable bonds is 13. The summed E-state index contributed by atoms with van der Waals surface area (Å²) in [5, 5.41) is 26.5. The Kier molecular flexibility index (Phi) is 10.4. The highest BCUT2D eigenvalue weighted by Gasteiger charge is 2.23. The van der Waals surface area contributed by atoms with Crippen molar-refractivity contribution in [3.63, 3.8) is 0 Å². The Labute approximate surface area is 237 Å². The highest BCUT2D eigenvalue weighted by molar-refractivity contribution is 9.10. The number of hydrazone groups is 1. The molecule has 0 atom stereocenters. The van der Waals surface area contributed by atoms with Gasteiger partial charge in [0, 0.05) is 11.6 Å². The third-order valence-electron chi connectivity index (χ3n) is 5.16. The van der Waals surface area contributed by atoms with Gasteiger partial charge in [0.05, 0.1) is 46.9 Å². The van der Waals surface area contributed by atoms with E-state index in [0.717, 1.165) is 24.6 Å². The molecule has 1 N–H and O–H groups in total. The zero-order valence-electron chi connectivity index (χ0n) is 21.7. The summed E-state index contributed by atoms with van der Waals surface area (Å²) in [6.45, 7) is 4.74. The third-order valence-corrected chi connectivity index (χ3v) is 5.75. The number of nitro groups is 2. The molecule has 3 aromatic carbocycles. The van der Waals surface area contributed by atoms with E-state index in [4.69, 9.17) is 18.9 Å². The Morgan fingerprint density at radius 1 is 0.975 bits per heavy atom. The van der Waals surface area contributed by atoms with E-state index in [1.165, 1.54) is 19.4 Å². The van der Waals surface area contributed by atoms with Gasteiger partial charge in [-0.1, -0.05) is 6.92 Å². The summed E-state index contributed by atoms with van der Waals surface area (Å²) >= 11 is 3.34. The average Bonchev–Trinajstić information content (AvgIpc) is 2.93. The van der Waals surface area contributed by atoms with Gasteiger partial charge in [0.2, 0.25) is 5.75 Å². The zero-order chi connectivity index (χ0) is 29.2. The fourth-order valence-electron chi connectivity index (χ4n) is 3.35. The molecule has 0 saturated heterocycles. The molecule has 0 fully saturated rings. The first-order valence-corrected chi connectivity index (χ1v) is 12.7. The molecule has 40 heavy (non-hydrogen) atoms. The molecule has 0 aliphatic heterocycles. The number of ether oxygens (including phenoxy) is 4. The lowest BCUT2D eigenvalue weighted by molar-refractivity contribution is -0.394. The highest BCUT2D eigenvalue weighted by atomic mass is 79.9. The number of nitrogens with one attached hydrogen (secondary N) is 1. The van der Waals surface area contributed by atoms with Crippen LogP contribution < -0.4 is 24.4 Å². The molecule has 0 radical (unpaired) electrons. The smallest absolute Gasteiger partial charge is 0.318 e. The van der Waals surface area contributed by atoms with Crippen LogP contribution in [0.15, 0.2) is 58.1 Å². The van der Waals surface area contributed by atoms with Crippen LogP contribution in [0.1, 0.15) is 36.2 Å². The molecule has 1 amide bonds. The number of nitro benzene ring substituents is 2. The molecule has 0 heterocycles. The number of benzene rings is 3. The van der Waals surface area contributed by atoms with Crippen molar-refractivity contribution in [3.8, 4) is 28.7 Å². The van der Waals surface area contributed by atoms with Crippen molar-refractivity contribution >= 4 is 39.4 Å². The summed E-state index contributed by atoms with van der Waals surface area (Å²) in [6.07, 6.45) is 2.19. The van der Waals surface area contributed by atoms with Gasteiger partial charge in [0.15, 0.2) is 23.0 Å². The molecule has 14 heteroatoms. The van der Waals surface area contributed by atoms with E-state index in [9.17, 15) is 25.0 Å². The van der Waals surface area contributed by atoms with Gasteiger partial charge < -0.3 is 18.9 Å². The van der Waals surface area contributed by atoms with Gasteiger partial charge in [0.25, 0.3) is 11.6 Å². The summed E-state index contributed by atoms with van der Waals surface area (Å²) in [5.41, 5.74) is 2.21. The second-order valence-corrected chi connectivity index (χ2v) is 8.80. The van der Waals surface area contributed by atoms with E-state index in [0.29, 0.717) is 40.3 Å². The molecule has 13 nitrogen and oxygen atoms in total. The van der Waals surface area contributed by atoms with E-state index in [1.807, 2.05) is 13.8 Å². The first-order valence-electron chi connectivity index (χ1n) is 11.9. The summed E-state index contributed by atoms with van der Waals surface area (Å²) < 4.78 is 22.7. The normalized spacial score (nSPS) is 10.7. The number of hydrogen-bond donors (Lipinski definition) is 1. The summed E-state index contributed by atoms with van der Waals surface area (Å²) in [4.78, 5) is 33.6. The van der Waals surface area contributed by atoms with Crippen molar-refractivity contribution in [1.29, 1.82) is 0 Å². The second kappa shape index (κ2) is 13.9. The number of amides is 1. The lowest BCUT2D eigenvalue weighted by Crippen LogP contribution is -2.17. The molecule has 0 spiro atoms. The van der Waals surface area contributed by atoms with E-state index in [2.05, 4.69) is 26.5 Å². The highest BCUT2D eigenvalue weighted by Crippen LogP contribution is 2.42. The van der Waals surface area contributed by atoms with Crippen molar-refractivity contribution in [3.05, 3.63) is 84.4 Å². The van der Waals surface area contributed by atoms with E-state index in [-0.39, 0.29) is 17.2 Å². The van der Waals surface area contributed by atoms with Gasteiger partial charge in [-0.15, -0.1) is 0 Å². The van der Waals surface area contributed by atoms with Gasteiger partial charge >= 0.3 is 5.69 Å². The first-order chi connectivity index (χ1) is 19.2. The van der Waals surface area contributed by atoms with Gasteiger partial charge in [-0.05, 0) is 71.2 Å². The van der Waals surface area contributed by atoms with Crippen molar-refractivity contribution in [2.75, 3.05) is 20.3 Å². The maximum Gasteiger partial charge on any atom is 0.318 e. The number of hydrogen-bond acceptors (Lipinski definition) is 10. The van der Waals surface area contributed by atoms with Crippen LogP contribution in [0.3, 0.4) is 0 Å². The van der Waals surface area contributed by atoms with Crippen molar-refractivity contribution in [1.82, 2.24) is 5.43 Å². The largest absolute Gasteiger partial charge is 0.493 e. The van der Waals surface area contributed by atoms with E-state index in [1.54, 1.807) is 24.3 Å². The van der Waals surface area contributed by atoms with Crippen molar-refractivity contribution in [2.24, 2.45) is 5.10 Å². The molecular weight excluding hydrogens is 592 g/mol. The molecule has 0 aromatic heterocycles. The molecule has 0 saturated carbocycles. The fraction of sp³-hybridized carbons (Fsp3) is 0.231. The number of methoxy groups -OCH3 is 1. The SMILES string of the molecule is CCCOc1ccc(C(=O)N/N=C/c2cc(Br)c(Oc3ccc([N+](=O)[O-])cc3[N+](=O)[O-])c(OC)c2)cc1OCC. The van der Waals surface area contributed by atoms with Crippen molar-refractivity contribution in [2.45, 2.75) is 20.3 Å². The van der Waals surface area contributed by atoms with Crippen LogP contribution >= 0.6 is 15.9 Å². The third kappa shape index (κ3) is 7.44. The molecular formula is C26H25BrN4O9. The van der Waals surface area contributed by atoms with Crippen LogP contribution in [0.4, 0.5) is 11.4 Å². The number of carbonyl (C=O) groups excluding carboxylic acids is 1. The van der Waals surface area contributed by atoms with Crippen LogP contribution in [0.5, 0.6) is 28.7 Å². The predicted octanol–water partition coefficient (Wildman–Crippen LogP) is 6.02. The Morgan fingerprint density at radius 2 is 1.73 bits per heavy atom. The number of carbonyl (C=O) groups is 1. The molecule has 0 aliphatic rings. The Hall–Kier alpha value is -4.72. The summed E-state index contributed by atoms with van der Waals surface area (Å²) in [7, 11) is 1.37. The minimum atomic E-state index is -0.782. The van der Waals surface area contributed by atoms with Crippen LogP contribution in [0, 0.1) is 20.2 Å². The first kappa shape index (κ1) is 29.8. The van der Waals surface area contributed by atoms with Gasteiger partial charge in [0.1, 0.15) is 0 Å². The lowest BCUT2D eigenvalue weighted by atomic mass is 10.2. The lowest BCUT2D eigenvalue weighted by Gasteiger charge is -2.13. The summed E-state index contributed by atoms with van der Waals surface area (Å²) in [6, 6.07) is 11.0. The van der Waals surface area contributed by atoms with Crippen LogP contribution in [-0.2, 0) is 0 Å². The van der Waals surface area contributed by atoms with Gasteiger partial charge in [-0.2, -0.15) is 5.10 Å². The molecule has 3 rings (SSSR count). The van der Waals surface area contributed by atoms with Crippen molar-refractivity contribution < 1.29 is 33.6 Å². The molecule has 0 unspecified atom stereocenters. The average molecular weight is 617 g/mol. The quantitative estimate of drug-likeness (QED) is 0.137. The molecule has 0 bridgehead atoms. The maximum absolute atomic E-state index is 12.6. The molecule has 210 valence electrons. The topological polar surface area (TPSA) is 165 Å². The Balaban J connectivity index is 1.79.